The number of hydrogen-bond acceptors (Lipinski definition) is 5. The van der Waals surface area contributed by atoms with E-state index in [0.29, 0.717) is 0 Å². The topological polar surface area (TPSA) is 101 Å². The van der Waals surface area contributed by atoms with Gasteiger partial charge in [-0.05, 0) is 18.2 Å². The maximum absolute atomic E-state index is 10.7. The van der Waals surface area contributed by atoms with E-state index in [1.165, 1.54) is 12.1 Å². The molecule has 0 aliphatic heterocycles. The zero-order valence-electron chi connectivity index (χ0n) is 8.37. The lowest BCUT2D eigenvalue weighted by molar-refractivity contribution is -0.131. The van der Waals surface area contributed by atoms with Crippen LogP contribution in [0.25, 0.3) is 0 Å². The number of hydrogen-bond donors (Lipinski definition) is 2. The van der Waals surface area contributed by atoms with E-state index in [1.54, 1.807) is 0 Å². The van der Waals surface area contributed by atoms with Crippen molar-refractivity contribution in [3.8, 4) is 11.5 Å². The number of carbonyl (C=O) groups excluding carboxylic acids is 1. The lowest BCUT2D eigenvalue weighted by Crippen LogP contribution is -2.07. The maximum atomic E-state index is 10.7. The number of carbonyl (C=O) groups is 1. The summed E-state index contributed by atoms with van der Waals surface area (Å²) in [6.45, 7) is 1.16. The predicted molar refractivity (Wildman–Crippen MR) is 54.7 cm³/mol. The molecule has 0 amide bonds. The summed E-state index contributed by atoms with van der Waals surface area (Å²) < 4.78 is 34.8. The Morgan fingerprint density at radius 2 is 2.06 bits per heavy atom. The Balaban J connectivity index is 3.13. The van der Waals surface area contributed by atoms with E-state index < -0.39 is 21.8 Å². The summed E-state index contributed by atoms with van der Waals surface area (Å²) in [6.07, 6.45) is 0. The molecule has 6 nitrogen and oxygen atoms in total. The van der Waals surface area contributed by atoms with Gasteiger partial charge in [-0.25, -0.2) is 0 Å². The molecule has 0 saturated heterocycles. The molecule has 16 heavy (non-hydrogen) atoms. The highest BCUT2D eigenvalue weighted by molar-refractivity contribution is 7.85. The molecule has 0 saturated carbocycles. The standard InChI is InChI=1S/C9H10O6S/c1-6(10)15-9-3-2-8(11)4-7(9)5-16(12,13)14/h2-4,11H,5H2,1H3,(H,12,13,14). The van der Waals surface area contributed by atoms with Gasteiger partial charge in [0.25, 0.3) is 10.1 Å². The zero-order valence-corrected chi connectivity index (χ0v) is 9.19. The van der Waals surface area contributed by atoms with E-state index in [0.717, 1.165) is 13.0 Å². The Morgan fingerprint density at radius 3 is 2.56 bits per heavy atom. The largest absolute Gasteiger partial charge is 0.508 e. The second kappa shape index (κ2) is 4.50. The van der Waals surface area contributed by atoms with Gasteiger partial charge in [0.1, 0.15) is 17.3 Å². The minimum absolute atomic E-state index is 0.0112. The van der Waals surface area contributed by atoms with Gasteiger partial charge in [0.15, 0.2) is 0 Å². The van der Waals surface area contributed by atoms with Crippen molar-refractivity contribution < 1.29 is 27.6 Å². The van der Waals surface area contributed by atoms with Crippen LogP contribution in [0, 0.1) is 0 Å². The Morgan fingerprint density at radius 1 is 1.44 bits per heavy atom. The van der Waals surface area contributed by atoms with Crippen molar-refractivity contribution in [3.05, 3.63) is 23.8 Å². The van der Waals surface area contributed by atoms with Crippen molar-refractivity contribution >= 4 is 16.1 Å². The van der Waals surface area contributed by atoms with Crippen LogP contribution in [0.15, 0.2) is 18.2 Å². The van der Waals surface area contributed by atoms with Gasteiger partial charge in [-0.15, -0.1) is 0 Å². The highest BCUT2D eigenvalue weighted by Crippen LogP contribution is 2.25. The quantitative estimate of drug-likeness (QED) is 0.462. The molecule has 7 heteroatoms. The van der Waals surface area contributed by atoms with Crippen LogP contribution in [-0.2, 0) is 20.7 Å². The zero-order chi connectivity index (χ0) is 12.3. The molecular weight excluding hydrogens is 236 g/mol. The molecule has 0 aliphatic carbocycles. The van der Waals surface area contributed by atoms with Gasteiger partial charge in [-0.3, -0.25) is 9.35 Å². The second-order valence-electron chi connectivity index (χ2n) is 3.11. The first kappa shape index (κ1) is 12.5. The van der Waals surface area contributed by atoms with Gasteiger partial charge < -0.3 is 9.84 Å². The first-order chi connectivity index (χ1) is 7.28. The predicted octanol–water partition coefficient (Wildman–Crippen LogP) is 0.705. The third-order valence-corrected chi connectivity index (χ3v) is 2.31. The smallest absolute Gasteiger partial charge is 0.308 e. The van der Waals surface area contributed by atoms with Gasteiger partial charge in [0, 0.05) is 12.5 Å². The fourth-order valence-corrected chi connectivity index (χ4v) is 1.75. The number of ether oxygens (including phenoxy) is 1. The van der Waals surface area contributed by atoms with E-state index in [4.69, 9.17) is 14.4 Å². The molecule has 0 aromatic heterocycles. The van der Waals surface area contributed by atoms with Crippen molar-refractivity contribution in [3.63, 3.8) is 0 Å². The van der Waals surface area contributed by atoms with Crippen molar-refractivity contribution in [2.75, 3.05) is 0 Å². The summed E-state index contributed by atoms with van der Waals surface area (Å²) in [5.41, 5.74) is 0.0118. The molecule has 1 rings (SSSR count). The molecule has 0 radical (unpaired) electrons. The van der Waals surface area contributed by atoms with E-state index in [2.05, 4.69) is 0 Å². The highest BCUT2D eigenvalue weighted by Gasteiger charge is 2.14. The van der Waals surface area contributed by atoms with Crippen LogP contribution in [0.3, 0.4) is 0 Å². The van der Waals surface area contributed by atoms with E-state index in [9.17, 15) is 13.2 Å². The minimum Gasteiger partial charge on any atom is -0.508 e. The van der Waals surface area contributed by atoms with Gasteiger partial charge in [0.2, 0.25) is 0 Å². The summed E-state index contributed by atoms with van der Waals surface area (Å²) in [4.78, 5) is 10.7. The number of rotatable bonds is 3. The number of esters is 1. The van der Waals surface area contributed by atoms with Crippen molar-refractivity contribution in [1.29, 1.82) is 0 Å². The molecule has 0 spiro atoms. The minimum atomic E-state index is -4.25. The normalized spacial score (nSPS) is 11.1. The fourth-order valence-electron chi connectivity index (χ4n) is 1.13. The second-order valence-corrected chi connectivity index (χ2v) is 4.56. The van der Waals surface area contributed by atoms with E-state index in [-0.39, 0.29) is 17.1 Å². The van der Waals surface area contributed by atoms with E-state index >= 15 is 0 Å². The molecule has 0 atom stereocenters. The molecule has 1 aromatic rings. The molecule has 88 valence electrons. The van der Waals surface area contributed by atoms with E-state index in [1.807, 2.05) is 0 Å². The monoisotopic (exact) mass is 246 g/mol. The average Bonchev–Trinajstić information content (AvgIpc) is 2.06. The Hall–Kier alpha value is -1.60. The summed E-state index contributed by atoms with van der Waals surface area (Å²) in [5.74, 6) is -1.55. The van der Waals surface area contributed by atoms with Crippen LogP contribution < -0.4 is 4.74 Å². The molecule has 0 heterocycles. The summed E-state index contributed by atoms with van der Waals surface area (Å²) >= 11 is 0. The van der Waals surface area contributed by atoms with Crippen LogP contribution >= 0.6 is 0 Å². The third kappa shape index (κ3) is 3.87. The number of phenolic OH excluding ortho intramolecular Hbond substituents is 1. The summed E-state index contributed by atoms with van der Waals surface area (Å²) in [6, 6.07) is 3.59. The van der Waals surface area contributed by atoms with Gasteiger partial charge in [-0.1, -0.05) is 0 Å². The SMILES string of the molecule is CC(=O)Oc1ccc(O)cc1CS(=O)(=O)O. The number of benzene rings is 1. The van der Waals surface area contributed by atoms with Crippen molar-refractivity contribution in [2.45, 2.75) is 12.7 Å². The molecule has 0 aliphatic rings. The molecule has 0 bridgehead atoms. The molecule has 0 unspecified atom stereocenters. The van der Waals surface area contributed by atoms with Crippen LogP contribution in [0.2, 0.25) is 0 Å². The van der Waals surface area contributed by atoms with Crippen LogP contribution in [-0.4, -0.2) is 24.0 Å². The number of phenols is 1. The Bertz CT molecular complexity index is 505. The molecule has 2 N–H and O–H groups in total. The first-order valence-electron chi connectivity index (χ1n) is 4.23. The third-order valence-electron chi connectivity index (χ3n) is 1.64. The maximum Gasteiger partial charge on any atom is 0.308 e. The first-order valence-corrected chi connectivity index (χ1v) is 5.84. The Kier molecular flexibility index (Phi) is 3.51. The van der Waals surface area contributed by atoms with Crippen LogP contribution in [0.5, 0.6) is 11.5 Å². The average molecular weight is 246 g/mol. The Labute approximate surface area is 92.2 Å². The molecule has 1 aromatic carbocycles. The van der Waals surface area contributed by atoms with Gasteiger partial charge >= 0.3 is 5.97 Å². The van der Waals surface area contributed by atoms with Crippen LogP contribution in [0.4, 0.5) is 0 Å². The van der Waals surface area contributed by atoms with Crippen molar-refractivity contribution in [2.24, 2.45) is 0 Å². The van der Waals surface area contributed by atoms with Gasteiger partial charge in [-0.2, -0.15) is 8.42 Å². The summed E-state index contributed by atoms with van der Waals surface area (Å²) in [7, 11) is -4.25. The summed E-state index contributed by atoms with van der Waals surface area (Å²) in [5, 5.41) is 9.15. The highest BCUT2D eigenvalue weighted by atomic mass is 32.2. The van der Waals surface area contributed by atoms with Gasteiger partial charge in [0.05, 0.1) is 0 Å². The van der Waals surface area contributed by atoms with Crippen molar-refractivity contribution in [1.82, 2.24) is 0 Å². The molecule has 0 fully saturated rings. The molecular formula is C9H10O6S. The fraction of sp³-hybridized carbons (Fsp3) is 0.222. The van der Waals surface area contributed by atoms with Crippen LogP contribution in [0.1, 0.15) is 12.5 Å². The lowest BCUT2D eigenvalue weighted by Gasteiger charge is -2.07. The lowest BCUT2D eigenvalue weighted by atomic mass is 10.2. The number of aromatic hydroxyl groups is 1.